The Morgan fingerprint density at radius 2 is 1.81 bits per heavy atom. The predicted octanol–water partition coefficient (Wildman–Crippen LogP) is 3.52. The van der Waals surface area contributed by atoms with Gasteiger partial charge in [-0.05, 0) is 20.0 Å². The molecule has 0 heterocycles. The molecule has 21 heavy (non-hydrogen) atoms. The summed E-state index contributed by atoms with van der Waals surface area (Å²) >= 11 is 0. The third-order valence-corrected chi connectivity index (χ3v) is 7.61. The van der Waals surface area contributed by atoms with E-state index in [9.17, 15) is 14.8 Å². The fraction of sp³-hybridized carbons (Fsp3) is 0.533. The summed E-state index contributed by atoms with van der Waals surface area (Å²) in [4.78, 5) is 22.5. The van der Waals surface area contributed by atoms with Gasteiger partial charge in [0.25, 0.3) is 0 Å². The summed E-state index contributed by atoms with van der Waals surface area (Å²) in [5.74, 6) is 0. The van der Waals surface area contributed by atoms with E-state index >= 15 is 0 Å². The Kier molecular flexibility index (Phi) is 5.33. The number of benzene rings is 1. The molecule has 0 saturated heterocycles. The molecule has 6 heteroatoms. The summed E-state index contributed by atoms with van der Waals surface area (Å²) in [5.41, 5.74) is 0.461. The summed E-state index contributed by atoms with van der Waals surface area (Å²) in [6, 6.07) is 8.70. The maximum atomic E-state index is 12.3. The Labute approximate surface area is 127 Å². The molecule has 1 rings (SSSR count). The second kappa shape index (κ2) is 6.27. The Bertz CT molecular complexity index is 484. The predicted molar refractivity (Wildman–Crippen MR) is 85.7 cm³/mol. The maximum Gasteiger partial charge on any atom is 0.554 e. The van der Waals surface area contributed by atoms with Crippen molar-refractivity contribution in [3.63, 3.8) is 0 Å². The van der Waals surface area contributed by atoms with Crippen molar-refractivity contribution in [3.8, 4) is 0 Å². The number of hydrogen-bond donors (Lipinski definition) is 2. The van der Waals surface area contributed by atoms with E-state index in [1.165, 1.54) is 0 Å². The van der Waals surface area contributed by atoms with Gasteiger partial charge in [0, 0.05) is 17.2 Å². The summed E-state index contributed by atoms with van der Waals surface area (Å²) in [6.07, 6.45) is -0.727. The number of nitrogens with zero attached hydrogens (tertiary/aromatic N) is 1. The van der Waals surface area contributed by atoms with Gasteiger partial charge < -0.3 is 9.53 Å². The van der Waals surface area contributed by atoms with Gasteiger partial charge in [-0.3, -0.25) is 0 Å². The first-order chi connectivity index (χ1) is 9.54. The van der Waals surface area contributed by atoms with Gasteiger partial charge in [0.1, 0.15) is 13.2 Å². The van der Waals surface area contributed by atoms with Crippen LogP contribution in [0.15, 0.2) is 30.3 Å². The van der Waals surface area contributed by atoms with E-state index in [2.05, 4.69) is 0 Å². The van der Waals surface area contributed by atoms with Gasteiger partial charge in [0.05, 0.1) is 0 Å². The van der Waals surface area contributed by atoms with Crippen LogP contribution in [0.4, 0.5) is 10.5 Å². The number of hydrogen-bond acceptors (Lipinski definition) is 4. The van der Waals surface area contributed by atoms with Crippen LogP contribution in [0.2, 0.25) is 18.1 Å². The number of carbonyl (C=O) groups excluding carboxylic acids is 1. The molecule has 0 aliphatic rings. The fourth-order valence-corrected chi connectivity index (χ4v) is 2.04. The van der Waals surface area contributed by atoms with Gasteiger partial charge in [-0.1, -0.05) is 36.7 Å². The normalized spacial score (nSPS) is 15.4. The number of ether oxygens (including phenoxy) is 1. The molecule has 0 spiro atoms. The molecule has 0 aromatic heterocycles. The van der Waals surface area contributed by atoms with Crippen molar-refractivity contribution in [2.45, 2.75) is 38.9 Å². The van der Waals surface area contributed by atoms with Crippen molar-refractivity contribution in [1.29, 1.82) is 0 Å². The zero-order valence-corrected chi connectivity index (χ0v) is 14.5. The van der Waals surface area contributed by atoms with Gasteiger partial charge in [-0.2, -0.15) is 4.79 Å². The van der Waals surface area contributed by atoms with Gasteiger partial charge in [-0.25, -0.2) is 5.21 Å². The van der Waals surface area contributed by atoms with Crippen molar-refractivity contribution in [2.24, 2.45) is 0 Å². The summed E-state index contributed by atoms with van der Waals surface area (Å²) in [5, 5.41) is 10.1. The number of amides is 1. The van der Waals surface area contributed by atoms with Gasteiger partial charge in [0.2, 0.25) is 0 Å². The van der Waals surface area contributed by atoms with Crippen molar-refractivity contribution in [3.05, 3.63) is 30.3 Å². The lowest BCUT2D eigenvalue weighted by Crippen LogP contribution is -2.52. The minimum Gasteiger partial charge on any atom is -0.432 e. The molecule has 1 amide bonds. The molecule has 5 nitrogen and oxygen atoms in total. The third-order valence-electron chi connectivity index (χ3n) is 4.16. The van der Waals surface area contributed by atoms with Crippen molar-refractivity contribution in [2.75, 3.05) is 13.2 Å². The van der Waals surface area contributed by atoms with E-state index in [-0.39, 0.29) is 13.2 Å². The number of hydroxylamine groups is 2. The molecule has 1 aromatic rings. The highest BCUT2D eigenvalue weighted by Gasteiger charge is 2.44. The van der Waals surface area contributed by atoms with Crippen LogP contribution >= 0.6 is 0 Å². The monoisotopic (exact) mass is 312 g/mol. The standard InChI is InChI=1S/C15H26NO4Si/c1-6-16(18,13-10-8-7-9-11-13)14(17)20-12-15(2,3)21(4,5)19/h7-11,18-19H,6,12H2,1-5H3/q+1. The lowest BCUT2D eigenvalue weighted by atomic mass is 10.2. The molecule has 0 aliphatic carbocycles. The van der Waals surface area contributed by atoms with Crippen LogP contribution in [0.1, 0.15) is 20.8 Å². The first-order valence-corrected chi connectivity index (χ1v) is 10.1. The highest BCUT2D eigenvalue weighted by atomic mass is 28.4. The second-order valence-electron chi connectivity index (χ2n) is 6.42. The van der Waals surface area contributed by atoms with Crippen LogP contribution in [-0.4, -0.2) is 37.6 Å². The van der Waals surface area contributed by atoms with Crippen molar-refractivity contribution >= 4 is 20.1 Å². The van der Waals surface area contributed by atoms with E-state index < -0.39 is 24.1 Å². The summed E-state index contributed by atoms with van der Waals surface area (Å²) in [7, 11) is -2.47. The fourth-order valence-electron chi connectivity index (χ4n) is 1.62. The smallest absolute Gasteiger partial charge is 0.432 e. The van der Waals surface area contributed by atoms with Crippen molar-refractivity contribution in [1.82, 2.24) is 4.65 Å². The van der Waals surface area contributed by atoms with Crippen LogP contribution in [0.3, 0.4) is 0 Å². The highest BCUT2D eigenvalue weighted by molar-refractivity contribution is 6.72. The van der Waals surface area contributed by atoms with Gasteiger partial charge >= 0.3 is 6.09 Å². The zero-order chi connectivity index (χ0) is 16.3. The molecular weight excluding hydrogens is 286 g/mol. The number of rotatable bonds is 5. The lowest BCUT2D eigenvalue weighted by Gasteiger charge is -2.34. The van der Waals surface area contributed by atoms with E-state index in [4.69, 9.17) is 4.74 Å². The van der Waals surface area contributed by atoms with E-state index in [0.29, 0.717) is 5.69 Å². The maximum absolute atomic E-state index is 12.3. The topological polar surface area (TPSA) is 66.8 Å². The molecule has 1 aromatic carbocycles. The minimum atomic E-state index is -2.47. The molecule has 0 fully saturated rings. The Balaban J connectivity index is 2.87. The molecule has 118 valence electrons. The van der Waals surface area contributed by atoms with E-state index in [1.54, 1.807) is 44.3 Å². The number of para-hydroxylation sites is 1. The Morgan fingerprint density at radius 1 is 1.29 bits per heavy atom. The Morgan fingerprint density at radius 3 is 2.24 bits per heavy atom. The first-order valence-electron chi connectivity index (χ1n) is 7.11. The molecule has 1 unspecified atom stereocenters. The van der Waals surface area contributed by atoms with E-state index in [0.717, 1.165) is 0 Å². The third kappa shape index (κ3) is 3.91. The van der Waals surface area contributed by atoms with Gasteiger partial charge in [0.15, 0.2) is 14.0 Å². The van der Waals surface area contributed by atoms with Crippen LogP contribution < -0.4 is 4.65 Å². The molecule has 0 aliphatic heterocycles. The molecule has 2 N–H and O–H groups in total. The molecule has 1 atom stereocenters. The number of carbonyl (C=O) groups is 1. The van der Waals surface area contributed by atoms with Crippen LogP contribution in [0.25, 0.3) is 0 Å². The number of quaternary nitrogens is 1. The van der Waals surface area contributed by atoms with Gasteiger partial charge in [-0.15, -0.1) is 0 Å². The average molecular weight is 312 g/mol. The first kappa shape index (κ1) is 17.8. The lowest BCUT2D eigenvalue weighted by molar-refractivity contribution is -0.0641. The molecule has 0 saturated carbocycles. The average Bonchev–Trinajstić information content (AvgIpc) is 2.43. The summed E-state index contributed by atoms with van der Waals surface area (Å²) < 4.78 is 4.40. The molecular formula is C15H26NO4Si+. The Hall–Kier alpha value is -1.21. The van der Waals surface area contributed by atoms with Crippen LogP contribution in [-0.2, 0) is 4.74 Å². The second-order valence-corrected chi connectivity index (χ2v) is 10.9. The zero-order valence-electron chi connectivity index (χ0n) is 13.5. The SMILES string of the molecule is CC[N+](O)(C(=O)OCC(C)(C)[Si](C)(C)O)c1ccccc1. The highest BCUT2D eigenvalue weighted by Crippen LogP contribution is 2.35. The van der Waals surface area contributed by atoms with Crippen LogP contribution in [0.5, 0.6) is 0 Å². The summed E-state index contributed by atoms with van der Waals surface area (Å²) in [6.45, 7) is 9.31. The quantitative estimate of drug-likeness (QED) is 0.378. The van der Waals surface area contributed by atoms with Crippen molar-refractivity contribution < 1.29 is 19.5 Å². The molecule has 0 radical (unpaired) electrons. The largest absolute Gasteiger partial charge is 0.554 e. The minimum absolute atomic E-state index is 0.0783. The molecule has 0 bridgehead atoms. The van der Waals surface area contributed by atoms with Crippen LogP contribution in [0, 0.1) is 0 Å². The van der Waals surface area contributed by atoms with E-state index in [1.807, 2.05) is 19.9 Å².